The Morgan fingerprint density at radius 3 is 2.12 bits per heavy atom. The van der Waals surface area contributed by atoms with Crippen LogP contribution in [-0.2, 0) is 0 Å². The van der Waals surface area contributed by atoms with Crippen molar-refractivity contribution in [1.82, 2.24) is 0 Å². The van der Waals surface area contributed by atoms with E-state index in [1.807, 2.05) is 18.2 Å². The molecule has 4 aromatic carbocycles. The first-order valence-electron chi connectivity index (χ1n) is 7.98. The normalized spacial score (nSPS) is 12.4. The molecule has 0 saturated carbocycles. The molecule has 6 rings (SSSR count). The van der Waals surface area contributed by atoms with E-state index in [1.54, 1.807) is 0 Å². The maximum atomic E-state index is 6.44. The summed E-state index contributed by atoms with van der Waals surface area (Å²) in [5.74, 6) is 0. The van der Waals surface area contributed by atoms with Crippen molar-refractivity contribution >= 4 is 44.3 Å². The van der Waals surface area contributed by atoms with Crippen molar-refractivity contribution < 1.29 is 4.42 Å². The number of rotatable bonds is 0. The molecule has 112 valence electrons. The van der Waals surface area contributed by atoms with E-state index < -0.39 is 0 Å². The van der Waals surface area contributed by atoms with Gasteiger partial charge in [0.25, 0.3) is 0 Å². The lowest BCUT2D eigenvalue weighted by Gasteiger charge is -2.02. The highest BCUT2D eigenvalue weighted by Crippen LogP contribution is 2.49. The third-order valence-corrected chi connectivity index (χ3v) is 5.38. The van der Waals surface area contributed by atoms with E-state index in [0.29, 0.717) is 0 Å². The van der Waals surface area contributed by atoms with Gasteiger partial charge in [-0.3, -0.25) is 0 Å². The van der Waals surface area contributed by atoms with Gasteiger partial charge in [0.05, 0.1) is 5.02 Å². The van der Waals surface area contributed by atoms with Crippen molar-refractivity contribution in [3.63, 3.8) is 0 Å². The number of fused-ring (bicyclic) bond motifs is 6. The first-order valence-corrected chi connectivity index (χ1v) is 8.36. The summed E-state index contributed by atoms with van der Waals surface area (Å²) in [6.07, 6.45) is 0. The summed E-state index contributed by atoms with van der Waals surface area (Å²) in [7, 11) is 0. The lowest BCUT2D eigenvalue weighted by Crippen LogP contribution is -1.77. The zero-order valence-corrected chi connectivity index (χ0v) is 13.4. The van der Waals surface area contributed by atoms with E-state index in [1.165, 1.54) is 33.0 Å². The Morgan fingerprint density at radius 1 is 0.625 bits per heavy atom. The summed E-state index contributed by atoms with van der Waals surface area (Å²) in [6.45, 7) is 0. The predicted octanol–water partition coefficient (Wildman–Crippen LogP) is 7.04. The van der Waals surface area contributed by atoms with Crippen LogP contribution in [0.15, 0.2) is 71.1 Å². The fourth-order valence-corrected chi connectivity index (χ4v) is 4.33. The Hall–Kier alpha value is -2.77. The van der Waals surface area contributed by atoms with Crippen LogP contribution in [0.4, 0.5) is 0 Å². The molecule has 0 bridgehead atoms. The van der Waals surface area contributed by atoms with Crippen LogP contribution in [0, 0.1) is 0 Å². The zero-order valence-electron chi connectivity index (χ0n) is 12.6. The average molecular weight is 327 g/mol. The lowest BCUT2D eigenvalue weighted by atomic mass is 10.0. The van der Waals surface area contributed by atoms with Crippen LogP contribution >= 0.6 is 11.6 Å². The molecule has 0 N–H and O–H groups in total. The van der Waals surface area contributed by atoms with Crippen LogP contribution in [0.5, 0.6) is 0 Å². The van der Waals surface area contributed by atoms with Crippen LogP contribution < -0.4 is 0 Å². The first kappa shape index (κ1) is 12.6. The number of hydrogen-bond donors (Lipinski definition) is 0. The summed E-state index contributed by atoms with van der Waals surface area (Å²) in [5, 5.41) is 5.43. The Morgan fingerprint density at radius 2 is 1.33 bits per heavy atom. The van der Waals surface area contributed by atoms with Gasteiger partial charge in [-0.1, -0.05) is 54.1 Å². The molecular weight excluding hydrogens is 316 g/mol. The zero-order chi connectivity index (χ0) is 15.8. The third-order valence-electron chi connectivity index (χ3n) is 5.07. The van der Waals surface area contributed by atoms with Crippen LogP contribution in [-0.4, -0.2) is 0 Å². The molecule has 0 aliphatic heterocycles. The largest absolute Gasteiger partial charge is 0.456 e. The van der Waals surface area contributed by atoms with E-state index in [-0.39, 0.29) is 0 Å². The second-order valence-electron chi connectivity index (χ2n) is 6.32. The summed E-state index contributed by atoms with van der Waals surface area (Å²) in [6, 6.07) is 23.2. The van der Waals surface area contributed by atoms with Crippen molar-refractivity contribution in [2.75, 3.05) is 0 Å². The third kappa shape index (κ3) is 1.41. The predicted molar refractivity (Wildman–Crippen MR) is 101 cm³/mol. The number of benzene rings is 4. The lowest BCUT2D eigenvalue weighted by molar-refractivity contribution is 0.669. The fraction of sp³-hybridized carbons (Fsp3) is 0. The Bertz CT molecular complexity index is 1310. The van der Waals surface area contributed by atoms with Gasteiger partial charge < -0.3 is 4.42 Å². The van der Waals surface area contributed by atoms with Gasteiger partial charge in [0.15, 0.2) is 0 Å². The number of hydrogen-bond acceptors (Lipinski definition) is 1. The standard InChI is InChI=1S/C22H11ClO/c23-18-8-3-9-19-22(18)17-10-15-13-6-1-4-12-5-2-7-14(21(12)13)16(15)11-20(17)24-19/h1-11H. The molecule has 24 heavy (non-hydrogen) atoms. The molecule has 2 heteroatoms. The quantitative estimate of drug-likeness (QED) is 0.292. The summed E-state index contributed by atoms with van der Waals surface area (Å²) in [5.41, 5.74) is 6.81. The maximum absolute atomic E-state index is 6.44. The highest BCUT2D eigenvalue weighted by molar-refractivity contribution is 6.38. The monoisotopic (exact) mass is 326 g/mol. The van der Waals surface area contributed by atoms with E-state index >= 15 is 0 Å². The van der Waals surface area contributed by atoms with Gasteiger partial charge in [-0.05, 0) is 57.3 Å². The van der Waals surface area contributed by atoms with Gasteiger partial charge in [-0.25, -0.2) is 0 Å². The van der Waals surface area contributed by atoms with Gasteiger partial charge in [0.2, 0.25) is 0 Å². The van der Waals surface area contributed by atoms with Crippen LogP contribution in [0.3, 0.4) is 0 Å². The molecule has 0 unspecified atom stereocenters. The minimum absolute atomic E-state index is 0.736. The molecule has 0 radical (unpaired) electrons. The highest BCUT2D eigenvalue weighted by atomic mass is 35.5. The molecule has 1 nitrogen and oxygen atoms in total. The van der Waals surface area contributed by atoms with Gasteiger partial charge >= 0.3 is 0 Å². The fourth-order valence-electron chi connectivity index (χ4n) is 4.06. The Balaban J connectivity index is 1.83. The van der Waals surface area contributed by atoms with Gasteiger partial charge in [-0.2, -0.15) is 0 Å². The maximum Gasteiger partial charge on any atom is 0.136 e. The van der Waals surface area contributed by atoms with Gasteiger partial charge in [0.1, 0.15) is 11.2 Å². The van der Waals surface area contributed by atoms with Gasteiger partial charge in [0, 0.05) is 10.8 Å². The average Bonchev–Trinajstić information content (AvgIpc) is 3.12. The van der Waals surface area contributed by atoms with E-state index in [0.717, 1.165) is 27.0 Å². The summed E-state index contributed by atoms with van der Waals surface area (Å²) >= 11 is 6.44. The second-order valence-corrected chi connectivity index (χ2v) is 6.73. The SMILES string of the molecule is Clc1cccc2oc3cc4c(cc3c12)-c1cccc2cccc-4c12. The van der Waals surface area contributed by atoms with Crippen LogP contribution in [0.2, 0.25) is 5.02 Å². The Kier molecular flexibility index (Phi) is 2.21. The molecule has 0 spiro atoms. The van der Waals surface area contributed by atoms with Crippen molar-refractivity contribution in [2.45, 2.75) is 0 Å². The molecule has 0 amide bonds. The van der Waals surface area contributed by atoms with E-state index in [2.05, 4.69) is 48.5 Å². The number of furan rings is 1. The summed E-state index contributed by atoms with van der Waals surface area (Å²) < 4.78 is 6.07. The topological polar surface area (TPSA) is 13.1 Å². The summed E-state index contributed by atoms with van der Waals surface area (Å²) in [4.78, 5) is 0. The minimum Gasteiger partial charge on any atom is -0.456 e. The van der Waals surface area contributed by atoms with Crippen molar-refractivity contribution in [3.8, 4) is 22.3 Å². The molecule has 0 fully saturated rings. The molecule has 1 aliphatic rings. The van der Waals surface area contributed by atoms with Crippen LogP contribution in [0.25, 0.3) is 55.0 Å². The second kappa shape index (κ2) is 4.19. The van der Waals surface area contributed by atoms with Gasteiger partial charge in [-0.15, -0.1) is 0 Å². The smallest absolute Gasteiger partial charge is 0.136 e. The van der Waals surface area contributed by atoms with Crippen molar-refractivity contribution in [2.24, 2.45) is 0 Å². The van der Waals surface area contributed by atoms with E-state index in [4.69, 9.17) is 16.0 Å². The molecule has 0 atom stereocenters. The molecule has 5 aromatic rings. The molecule has 1 aliphatic carbocycles. The molecular formula is C22H11ClO. The Labute approximate surface area is 143 Å². The highest BCUT2D eigenvalue weighted by Gasteiger charge is 2.23. The van der Waals surface area contributed by atoms with Crippen LogP contribution in [0.1, 0.15) is 0 Å². The minimum atomic E-state index is 0.736. The molecule has 1 aromatic heterocycles. The van der Waals surface area contributed by atoms with Crippen molar-refractivity contribution in [1.29, 1.82) is 0 Å². The number of halogens is 1. The van der Waals surface area contributed by atoms with Crippen molar-refractivity contribution in [3.05, 3.63) is 71.8 Å². The molecule has 1 heterocycles. The van der Waals surface area contributed by atoms with E-state index in [9.17, 15) is 0 Å². The first-order chi connectivity index (χ1) is 11.8. The molecule has 0 saturated heterocycles.